The number of carbonyl (C=O) groups excluding carboxylic acids is 1. The van der Waals surface area contributed by atoms with Crippen molar-refractivity contribution in [2.75, 3.05) is 5.32 Å². The van der Waals surface area contributed by atoms with E-state index in [1.165, 1.54) is 23.1 Å². The second-order valence-corrected chi connectivity index (χ2v) is 5.17. The van der Waals surface area contributed by atoms with E-state index in [4.69, 9.17) is 0 Å². The average Bonchev–Trinajstić information content (AvgIpc) is 3.10. The average molecular weight is 326 g/mol. The van der Waals surface area contributed by atoms with Gasteiger partial charge in [0.2, 0.25) is 0 Å². The van der Waals surface area contributed by atoms with Crippen molar-refractivity contribution in [3.8, 4) is 5.69 Å². The molecule has 0 spiro atoms. The molecular weight excluding hydrogens is 311 g/mol. The molecule has 0 aliphatic heterocycles. The first-order valence-electron chi connectivity index (χ1n) is 7.28. The third-order valence-corrected chi connectivity index (χ3v) is 3.46. The van der Waals surface area contributed by atoms with E-state index < -0.39 is 0 Å². The van der Waals surface area contributed by atoms with Gasteiger partial charge in [-0.25, -0.2) is 13.9 Å². The number of carbonyl (C=O) groups is 1. The Morgan fingerprint density at radius 2 is 1.83 bits per heavy atom. The van der Waals surface area contributed by atoms with Gasteiger partial charge >= 0.3 is 6.03 Å². The predicted molar refractivity (Wildman–Crippen MR) is 86.1 cm³/mol. The number of halogens is 1. The van der Waals surface area contributed by atoms with Crippen LogP contribution in [0.4, 0.5) is 14.9 Å². The van der Waals surface area contributed by atoms with E-state index in [9.17, 15) is 9.18 Å². The van der Waals surface area contributed by atoms with Crippen molar-refractivity contribution in [2.45, 2.75) is 13.0 Å². The molecule has 0 aliphatic rings. The second kappa shape index (κ2) is 6.86. The van der Waals surface area contributed by atoms with Gasteiger partial charge in [0.05, 0.1) is 11.7 Å². The standard InChI is InChI=1S/C16H15FN6O/c1-11(12-2-4-13(17)5-3-12)19-16(24)20-14-6-8-15(9-7-14)23-10-18-21-22-23/h2-11H,1H3,(H2,19,20,24). The number of amides is 2. The highest BCUT2D eigenvalue weighted by atomic mass is 19.1. The minimum absolute atomic E-state index is 0.244. The molecule has 3 aromatic rings. The van der Waals surface area contributed by atoms with Crippen molar-refractivity contribution in [2.24, 2.45) is 0 Å². The molecule has 0 fully saturated rings. The van der Waals surface area contributed by atoms with E-state index >= 15 is 0 Å². The van der Waals surface area contributed by atoms with Crippen LogP contribution in [-0.2, 0) is 0 Å². The van der Waals surface area contributed by atoms with Gasteiger partial charge in [0.1, 0.15) is 12.1 Å². The highest BCUT2D eigenvalue weighted by molar-refractivity contribution is 5.89. The molecule has 3 rings (SSSR count). The van der Waals surface area contributed by atoms with E-state index in [0.29, 0.717) is 5.69 Å². The number of aromatic nitrogens is 4. The fourth-order valence-electron chi connectivity index (χ4n) is 2.18. The van der Waals surface area contributed by atoms with Gasteiger partial charge in [0, 0.05) is 5.69 Å². The van der Waals surface area contributed by atoms with Gasteiger partial charge in [-0.2, -0.15) is 0 Å². The number of hydrogen-bond acceptors (Lipinski definition) is 4. The zero-order valence-electron chi connectivity index (χ0n) is 12.8. The van der Waals surface area contributed by atoms with E-state index in [-0.39, 0.29) is 17.9 Å². The van der Waals surface area contributed by atoms with Crippen LogP contribution in [0.5, 0.6) is 0 Å². The Bertz CT molecular complexity index is 802. The van der Waals surface area contributed by atoms with Crippen LogP contribution in [0.2, 0.25) is 0 Å². The monoisotopic (exact) mass is 326 g/mol. The molecule has 7 nitrogen and oxygen atoms in total. The fraction of sp³-hybridized carbons (Fsp3) is 0.125. The first kappa shape index (κ1) is 15.6. The number of hydrogen-bond donors (Lipinski definition) is 2. The van der Waals surface area contributed by atoms with Crippen LogP contribution in [0.3, 0.4) is 0 Å². The predicted octanol–water partition coefficient (Wildman–Crippen LogP) is 2.68. The third-order valence-electron chi connectivity index (χ3n) is 3.46. The van der Waals surface area contributed by atoms with Crippen molar-refractivity contribution in [1.29, 1.82) is 0 Å². The summed E-state index contributed by atoms with van der Waals surface area (Å²) in [7, 11) is 0. The molecule has 122 valence electrons. The van der Waals surface area contributed by atoms with Crippen molar-refractivity contribution in [1.82, 2.24) is 25.5 Å². The van der Waals surface area contributed by atoms with Gasteiger partial charge in [0.25, 0.3) is 0 Å². The lowest BCUT2D eigenvalue weighted by Gasteiger charge is -2.15. The molecule has 0 bridgehead atoms. The van der Waals surface area contributed by atoms with Gasteiger partial charge in [-0.3, -0.25) is 0 Å². The number of nitrogens with one attached hydrogen (secondary N) is 2. The van der Waals surface area contributed by atoms with Crippen LogP contribution in [0.25, 0.3) is 5.69 Å². The Labute approximate surface area is 137 Å². The molecule has 0 aliphatic carbocycles. The van der Waals surface area contributed by atoms with E-state index in [2.05, 4.69) is 26.2 Å². The maximum atomic E-state index is 12.9. The van der Waals surface area contributed by atoms with Gasteiger partial charge in [-0.1, -0.05) is 12.1 Å². The third kappa shape index (κ3) is 3.72. The molecular formula is C16H15FN6O. The van der Waals surface area contributed by atoms with Crippen LogP contribution < -0.4 is 10.6 Å². The van der Waals surface area contributed by atoms with E-state index in [0.717, 1.165) is 11.3 Å². The van der Waals surface area contributed by atoms with E-state index in [1.807, 2.05) is 6.92 Å². The molecule has 0 saturated carbocycles. The Morgan fingerprint density at radius 3 is 2.46 bits per heavy atom. The number of anilines is 1. The maximum Gasteiger partial charge on any atom is 0.319 e. The highest BCUT2D eigenvalue weighted by Gasteiger charge is 2.10. The fourth-order valence-corrected chi connectivity index (χ4v) is 2.18. The molecule has 2 amide bonds. The Morgan fingerprint density at radius 1 is 1.12 bits per heavy atom. The molecule has 1 heterocycles. The minimum atomic E-state index is -0.345. The number of rotatable bonds is 4. The summed E-state index contributed by atoms with van der Waals surface area (Å²) in [5.74, 6) is -0.307. The SMILES string of the molecule is CC(NC(=O)Nc1ccc(-n2cnnn2)cc1)c1ccc(F)cc1. The summed E-state index contributed by atoms with van der Waals surface area (Å²) < 4.78 is 14.4. The molecule has 0 radical (unpaired) electrons. The zero-order valence-corrected chi connectivity index (χ0v) is 12.8. The lowest BCUT2D eigenvalue weighted by molar-refractivity contribution is 0.249. The summed E-state index contributed by atoms with van der Waals surface area (Å²) >= 11 is 0. The van der Waals surface area contributed by atoms with Crippen LogP contribution in [0.1, 0.15) is 18.5 Å². The first-order valence-corrected chi connectivity index (χ1v) is 7.28. The largest absolute Gasteiger partial charge is 0.331 e. The normalized spacial score (nSPS) is 11.8. The Hall–Kier alpha value is -3.29. The van der Waals surface area contributed by atoms with E-state index in [1.54, 1.807) is 36.4 Å². The van der Waals surface area contributed by atoms with Gasteiger partial charge in [-0.05, 0) is 59.3 Å². The quantitative estimate of drug-likeness (QED) is 0.772. The number of tetrazole rings is 1. The summed E-state index contributed by atoms with van der Waals surface area (Å²) in [6.07, 6.45) is 1.49. The number of benzene rings is 2. The maximum absolute atomic E-state index is 12.9. The summed E-state index contributed by atoms with van der Waals surface area (Å²) in [6, 6.07) is 12.5. The molecule has 1 aromatic heterocycles. The summed E-state index contributed by atoms with van der Waals surface area (Å²) in [6.45, 7) is 1.83. The Kier molecular flexibility index (Phi) is 4.46. The Balaban J connectivity index is 1.59. The van der Waals surface area contributed by atoms with Gasteiger partial charge < -0.3 is 10.6 Å². The number of urea groups is 1. The van der Waals surface area contributed by atoms with Gasteiger partial charge in [-0.15, -0.1) is 5.10 Å². The summed E-state index contributed by atoms with van der Waals surface area (Å²) in [5, 5.41) is 16.5. The smallest absolute Gasteiger partial charge is 0.319 e. The lowest BCUT2D eigenvalue weighted by Crippen LogP contribution is -2.31. The van der Waals surface area contributed by atoms with Crippen molar-refractivity contribution < 1.29 is 9.18 Å². The van der Waals surface area contributed by atoms with Crippen molar-refractivity contribution >= 4 is 11.7 Å². The molecule has 24 heavy (non-hydrogen) atoms. The van der Waals surface area contributed by atoms with Crippen molar-refractivity contribution in [3.63, 3.8) is 0 Å². The molecule has 1 atom stereocenters. The summed E-state index contributed by atoms with van der Waals surface area (Å²) in [5.41, 5.74) is 2.24. The lowest BCUT2D eigenvalue weighted by atomic mass is 10.1. The second-order valence-electron chi connectivity index (χ2n) is 5.17. The van der Waals surface area contributed by atoms with Crippen LogP contribution >= 0.6 is 0 Å². The topological polar surface area (TPSA) is 84.7 Å². The molecule has 2 N–H and O–H groups in total. The zero-order chi connectivity index (χ0) is 16.9. The molecule has 1 unspecified atom stereocenters. The summed E-state index contributed by atoms with van der Waals surface area (Å²) in [4.78, 5) is 12.0. The van der Waals surface area contributed by atoms with Gasteiger partial charge in [0.15, 0.2) is 0 Å². The molecule has 2 aromatic carbocycles. The minimum Gasteiger partial charge on any atom is -0.331 e. The van der Waals surface area contributed by atoms with Crippen LogP contribution in [-0.4, -0.2) is 26.2 Å². The number of nitrogens with zero attached hydrogens (tertiary/aromatic N) is 4. The van der Waals surface area contributed by atoms with Crippen molar-refractivity contribution in [3.05, 3.63) is 66.2 Å². The molecule has 8 heteroatoms. The highest BCUT2D eigenvalue weighted by Crippen LogP contribution is 2.14. The molecule has 0 saturated heterocycles. The van der Waals surface area contributed by atoms with Crippen LogP contribution in [0.15, 0.2) is 54.9 Å². The van der Waals surface area contributed by atoms with Crippen LogP contribution in [0, 0.1) is 5.82 Å². The first-order chi connectivity index (χ1) is 11.6.